The number of alkyl halides is 2. The van der Waals surface area contributed by atoms with Crippen molar-refractivity contribution in [2.24, 2.45) is 0 Å². The molecule has 0 aromatic heterocycles. The summed E-state index contributed by atoms with van der Waals surface area (Å²) in [5, 5.41) is 4.15. The fourth-order valence-electron chi connectivity index (χ4n) is 2.01. The van der Waals surface area contributed by atoms with Crippen molar-refractivity contribution < 1.29 is 13.5 Å². The SMILES string of the molecule is CC(Nc1cc(Cl)cc(Cl)c1)c1ccccc1OC(F)F. The Kier molecular flexibility index (Phi) is 5.26. The van der Waals surface area contributed by atoms with E-state index in [1.807, 2.05) is 6.92 Å². The molecular weight excluding hydrogens is 319 g/mol. The van der Waals surface area contributed by atoms with Gasteiger partial charge in [-0.25, -0.2) is 0 Å². The van der Waals surface area contributed by atoms with Crippen molar-refractivity contribution in [3.05, 3.63) is 58.1 Å². The largest absolute Gasteiger partial charge is 0.434 e. The maximum Gasteiger partial charge on any atom is 0.387 e. The highest BCUT2D eigenvalue weighted by molar-refractivity contribution is 6.35. The van der Waals surface area contributed by atoms with E-state index in [-0.39, 0.29) is 11.8 Å². The zero-order valence-electron chi connectivity index (χ0n) is 11.1. The van der Waals surface area contributed by atoms with E-state index in [0.717, 1.165) is 0 Å². The zero-order chi connectivity index (χ0) is 15.4. The van der Waals surface area contributed by atoms with Gasteiger partial charge in [-0.3, -0.25) is 0 Å². The van der Waals surface area contributed by atoms with E-state index in [0.29, 0.717) is 21.3 Å². The average molecular weight is 332 g/mol. The molecule has 1 unspecified atom stereocenters. The van der Waals surface area contributed by atoms with E-state index in [4.69, 9.17) is 23.2 Å². The molecule has 0 aliphatic carbocycles. The number of hydrogen-bond donors (Lipinski definition) is 1. The second-order valence-electron chi connectivity index (χ2n) is 4.44. The van der Waals surface area contributed by atoms with E-state index in [9.17, 15) is 8.78 Å². The van der Waals surface area contributed by atoms with Crippen LogP contribution >= 0.6 is 23.2 Å². The third kappa shape index (κ3) is 4.48. The Labute approximate surface area is 131 Å². The van der Waals surface area contributed by atoms with Crippen molar-refractivity contribution in [2.75, 3.05) is 5.32 Å². The highest BCUT2D eigenvalue weighted by Crippen LogP contribution is 2.30. The molecule has 2 nitrogen and oxygen atoms in total. The highest BCUT2D eigenvalue weighted by Gasteiger charge is 2.14. The molecule has 0 aliphatic rings. The molecule has 0 spiro atoms. The molecule has 2 aromatic carbocycles. The lowest BCUT2D eigenvalue weighted by Gasteiger charge is -2.19. The van der Waals surface area contributed by atoms with Crippen LogP contribution in [0.3, 0.4) is 0 Å². The number of ether oxygens (including phenoxy) is 1. The summed E-state index contributed by atoms with van der Waals surface area (Å²) < 4.78 is 29.4. The van der Waals surface area contributed by atoms with Gasteiger partial charge in [-0.2, -0.15) is 8.78 Å². The number of hydrogen-bond acceptors (Lipinski definition) is 2. The zero-order valence-corrected chi connectivity index (χ0v) is 12.6. The van der Waals surface area contributed by atoms with Crippen molar-refractivity contribution in [1.82, 2.24) is 0 Å². The van der Waals surface area contributed by atoms with Gasteiger partial charge in [0.2, 0.25) is 0 Å². The lowest BCUT2D eigenvalue weighted by molar-refractivity contribution is -0.0505. The first kappa shape index (κ1) is 15.9. The topological polar surface area (TPSA) is 21.3 Å². The fourth-order valence-corrected chi connectivity index (χ4v) is 2.53. The standard InChI is InChI=1S/C15H13Cl2F2NO/c1-9(20-12-7-10(16)6-11(17)8-12)13-4-2-3-5-14(13)21-15(18)19/h2-9,15,20H,1H3. The second-order valence-corrected chi connectivity index (χ2v) is 5.31. The van der Waals surface area contributed by atoms with E-state index in [1.54, 1.807) is 36.4 Å². The van der Waals surface area contributed by atoms with Crippen LogP contribution in [0.4, 0.5) is 14.5 Å². The van der Waals surface area contributed by atoms with Crippen LogP contribution in [0, 0.1) is 0 Å². The number of anilines is 1. The van der Waals surface area contributed by atoms with Gasteiger partial charge in [0.05, 0.1) is 6.04 Å². The maximum atomic E-state index is 12.4. The molecule has 0 bridgehead atoms. The summed E-state index contributed by atoms with van der Waals surface area (Å²) in [6, 6.07) is 11.4. The van der Waals surface area contributed by atoms with Crippen molar-refractivity contribution in [1.29, 1.82) is 0 Å². The number of rotatable bonds is 5. The second kappa shape index (κ2) is 6.96. The first-order chi connectivity index (χ1) is 9.95. The molecule has 0 radical (unpaired) electrons. The predicted molar refractivity (Wildman–Crippen MR) is 81.6 cm³/mol. The van der Waals surface area contributed by atoms with E-state index in [1.165, 1.54) is 6.07 Å². The molecule has 0 saturated carbocycles. The Balaban J connectivity index is 2.22. The number of nitrogens with one attached hydrogen (secondary N) is 1. The highest BCUT2D eigenvalue weighted by atomic mass is 35.5. The average Bonchev–Trinajstić information content (AvgIpc) is 2.37. The van der Waals surface area contributed by atoms with Gasteiger partial charge in [-0.05, 0) is 31.2 Å². The summed E-state index contributed by atoms with van der Waals surface area (Å²) in [5.41, 5.74) is 1.32. The Hall–Kier alpha value is -1.52. The molecule has 0 aliphatic heterocycles. The lowest BCUT2D eigenvalue weighted by Crippen LogP contribution is -2.11. The summed E-state index contributed by atoms with van der Waals surface area (Å²) >= 11 is 11.9. The van der Waals surface area contributed by atoms with Gasteiger partial charge in [0.25, 0.3) is 0 Å². The molecule has 0 heterocycles. The molecule has 0 amide bonds. The first-order valence-corrected chi connectivity index (χ1v) is 6.97. The molecule has 21 heavy (non-hydrogen) atoms. The summed E-state index contributed by atoms with van der Waals surface area (Å²) in [5.74, 6) is 0.139. The minimum atomic E-state index is -2.86. The number of benzene rings is 2. The summed E-state index contributed by atoms with van der Waals surface area (Å²) in [6.45, 7) is -1.03. The summed E-state index contributed by atoms with van der Waals surface area (Å²) in [6.07, 6.45) is 0. The third-order valence-corrected chi connectivity index (χ3v) is 3.28. The minimum Gasteiger partial charge on any atom is -0.434 e. The molecule has 6 heteroatoms. The van der Waals surface area contributed by atoms with E-state index >= 15 is 0 Å². The normalized spacial score (nSPS) is 12.3. The van der Waals surface area contributed by atoms with Crippen LogP contribution in [0.2, 0.25) is 10.0 Å². The monoisotopic (exact) mass is 331 g/mol. The predicted octanol–water partition coefficient (Wildman–Crippen LogP) is 5.77. The maximum absolute atomic E-state index is 12.4. The van der Waals surface area contributed by atoms with Crippen molar-refractivity contribution in [3.8, 4) is 5.75 Å². The van der Waals surface area contributed by atoms with Gasteiger partial charge in [-0.1, -0.05) is 41.4 Å². The Morgan fingerprint density at radius 3 is 2.29 bits per heavy atom. The van der Waals surface area contributed by atoms with Gasteiger partial charge in [0, 0.05) is 21.3 Å². The third-order valence-electron chi connectivity index (χ3n) is 2.85. The molecule has 0 saturated heterocycles. The van der Waals surface area contributed by atoms with Crippen molar-refractivity contribution in [3.63, 3.8) is 0 Å². The van der Waals surface area contributed by atoms with Gasteiger partial charge in [0.1, 0.15) is 5.75 Å². The van der Waals surface area contributed by atoms with Gasteiger partial charge in [-0.15, -0.1) is 0 Å². The van der Waals surface area contributed by atoms with Crippen LogP contribution in [-0.4, -0.2) is 6.61 Å². The van der Waals surface area contributed by atoms with Crippen LogP contribution < -0.4 is 10.1 Å². The van der Waals surface area contributed by atoms with Gasteiger partial charge >= 0.3 is 6.61 Å². The van der Waals surface area contributed by atoms with Crippen LogP contribution in [0.25, 0.3) is 0 Å². The Bertz CT molecular complexity index is 602. The fraction of sp³-hybridized carbons (Fsp3) is 0.200. The van der Waals surface area contributed by atoms with Crippen LogP contribution in [0.15, 0.2) is 42.5 Å². The van der Waals surface area contributed by atoms with E-state index in [2.05, 4.69) is 10.1 Å². The summed E-state index contributed by atoms with van der Waals surface area (Å²) in [4.78, 5) is 0. The van der Waals surface area contributed by atoms with Crippen LogP contribution in [0.1, 0.15) is 18.5 Å². The summed E-state index contributed by atoms with van der Waals surface area (Å²) in [7, 11) is 0. The Morgan fingerprint density at radius 2 is 1.67 bits per heavy atom. The van der Waals surface area contributed by atoms with Crippen LogP contribution in [-0.2, 0) is 0 Å². The molecule has 2 aromatic rings. The molecule has 0 fully saturated rings. The molecular formula is C15H13Cl2F2NO. The first-order valence-electron chi connectivity index (χ1n) is 6.22. The molecule has 1 atom stereocenters. The van der Waals surface area contributed by atoms with Crippen molar-refractivity contribution >= 4 is 28.9 Å². The molecule has 112 valence electrons. The van der Waals surface area contributed by atoms with Crippen molar-refractivity contribution in [2.45, 2.75) is 19.6 Å². The number of halogens is 4. The Morgan fingerprint density at radius 1 is 1.05 bits per heavy atom. The molecule has 2 rings (SSSR count). The van der Waals surface area contributed by atoms with Gasteiger partial charge in [0.15, 0.2) is 0 Å². The number of para-hydroxylation sites is 1. The quantitative estimate of drug-likeness (QED) is 0.751. The minimum absolute atomic E-state index is 0.139. The van der Waals surface area contributed by atoms with Gasteiger partial charge < -0.3 is 10.1 Å². The lowest BCUT2D eigenvalue weighted by atomic mass is 10.1. The van der Waals surface area contributed by atoms with Crippen LogP contribution in [0.5, 0.6) is 5.75 Å². The van der Waals surface area contributed by atoms with E-state index < -0.39 is 6.61 Å². The molecule has 1 N–H and O–H groups in total. The smallest absolute Gasteiger partial charge is 0.387 e.